The Labute approximate surface area is 292 Å². The molecule has 0 heterocycles. The zero-order chi connectivity index (χ0) is 36.0. The van der Waals surface area contributed by atoms with E-state index in [2.05, 4.69) is 16.0 Å². The van der Waals surface area contributed by atoms with Gasteiger partial charge in [-0.2, -0.15) is 0 Å². The van der Waals surface area contributed by atoms with Crippen molar-refractivity contribution in [2.45, 2.75) is 61.2 Å². The van der Waals surface area contributed by atoms with Crippen LogP contribution in [0.25, 0.3) is 0 Å². The highest BCUT2D eigenvalue weighted by molar-refractivity contribution is 5.88. The van der Waals surface area contributed by atoms with Gasteiger partial charge in [0.1, 0.15) is 6.61 Å². The van der Waals surface area contributed by atoms with Gasteiger partial charge in [-0.05, 0) is 47.9 Å². The number of carbonyl (C=O) groups is 3. The molecule has 9 nitrogen and oxygen atoms in total. The van der Waals surface area contributed by atoms with Gasteiger partial charge in [0.15, 0.2) is 11.5 Å². The van der Waals surface area contributed by atoms with Crippen molar-refractivity contribution < 1.29 is 23.9 Å². The first-order chi connectivity index (χ1) is 23.6. The Kier molecular flexibility index (Phi) is 18.1. The SMILES string of the molecule is CC.CC(=O)Nc1ccc(C)cc1.COc1cc(CN(CCNC(=O)NCc2ccccc2)C(=O)C(C)C)ccc1OCc1ccccc1. The average Bonchev–Trinajstić information content (AvgIpc) is 3.12. The van der Waals surface area contributed by atoms with Crippen molar-refractivity contribution in [3.63, 3.8) is 0 Å². The third-order valence-corrected chi connectivity index (χ3v) is 6.98. The number of hydrogen-bond donors (Lipinski definition) is 3. The molecule has 4 amide bonds. The van der Waals surface area contributed by atoms with E-state index in [4.69, 9.17) is 9.47 Å². The van der Waals surface area contributed by atoms with E-state index in [0.717, 1.165) is 22.4 Å². The van der Waals surface area contributed by atoms with Gasteiger partial charge in [-0.1, -0.05) is 112 Å². The standard InChI is InChI=1S/C29H35N3O4.C9H11NO.C2H6/c1-22(2)28(33)32(17-16-30-29(34)31-19-23-10-6-4-7-11-23)20-25-14-15-26(27(18-25)35-3)36-21-24-12-8-5-9-13-24;1-7-3-5-9(6-4-7)10-8(2)11;1-2/h4-15,18,22H,16-17,19-21H2,1-3H3,(H2,30,31,34);3-6H,1-2H3,(H,10,11);1-2H3. The van der Waals surface area contributed by atoms with Gasteiger partial charge in [-0.15, -0.1) is 0 Å². The molecule has 0 fully saturated rings. The van der Waals surface area contributed by atoms with Crippen LogP contribution < -0.4 is 25.4 Å². The third-order valence-electron chi connectivity index (χ3n) is 6.98. The molecule has 0 bridgehead atoms. The van der Waals surface area contributed by atoms with Gasteiger partial charge in [0.25, 0.3) is 0 Å². The molecule has 0 radical (unpaired) electrons. The summed E-state index contributed by atoms with van der Waals surface area (Å²) in [6.45, 7) is 13.3. The first-order valence-corrected chi connectivity index (χ1v) is 16.7. The Hall–Kier alpha value is -5.31. The number of nitrogens with one attached hydrogen (secondary N) is 3. The van der Waals surface area contributed by atoms with Crippen molar-refractivity contribution in [2.24, 2.45) is 5.92 Å². The molecule has 49 heavy (non-hydrogen) atoms. The monoisotopic (exact) mass is 668 g/mol. The molecular formula is C40H52N4O5. The summed E-state index contributed by atoms with van der Waals surface area (Å²) in [6, 6.07) is 32.8. The van der Waals surface area contributed by atoms with Crippen LogP contribution in [0, 0.1) is 12.8 Å². The van der Waals surface area contributed by atoms with E-state index < -0.39 is 0 Å². The summed E-state index contributed by atoms with van der Waals surface area (Å²) in [7, 11) is 1.60. The van der Waals surface area contributed by atoms with Gasteiger partial charge >= 0.3 is 6.03 Å². The highest BCUT2D eigenvalue weighted by atomic mass is 16.5. The number of nitrogens with zero attached hydrogens (tertiary/aromatic N) is 1. The van der Waals surface area contributed by atoms with Crippen molar-refractivity contribution in [1.29, 1.82) is 0 Å². The predicted molar refractivity (Wildman–Crippen MR) is 198 cm³/mol. The molecule has 4 aromatic rings. The normalized spacial score (nSPS) is 9.96. The second kappa shape index (κ2) is 22.3. The number of aryl methyl sites for hydroxylation is 1. The van der Waals surface area contributed by atoms with Crippen LogP contribution in [0.4, 0.5) is 10.5 Å². The topological polar surface area (TPSA) is 109 Å². The van der Waals surface area contributed by atoms with Crippen LogP contribution in [0.5, 0.6) is 11.5 Å². The van der Waals surface area contributed by atoms with E-state index in [9.17, 15) is 14.4 Å². The molecule has 9 heteroatoms. The molecule has 0 spiro atoms. The lowest BCUT2D eigenvalue weighted by molar-refractivity contribution is -0.135. The molecule has 4 aromatic carbocycles. The Morgan fingerprint density at radius 3 is 1.94 bits per heavy atom. The van der Waals surface area contributed by atoms with Crippen molar-refractivity contribution in [1.82, 2.24) is 15.5 Å². The van der Waals surface area contributed by atoms with E-state index in [1.54, 1.807) is 12.0 Å². The van der Waals surface area contributed by atoms with Crippen LogP contribution >= 0.6 is 0 Å². The number of ether oxygens (including phenoxy) is 2. The second-order valence-corrected chi connectivity index (χ2v) is 11.3. The summed E-state index contributed by atoms with van der Waals surface area (Å²) in [5.41, 5.74) is 5.05. The molecule has 0 unspecified atom stereocenters. The van der Waals surface area contributed by atoms with Crippen molar-refractivity contribution in [3.8, 4) is 11.5 Å². The van der Waals surface area contributed by atoms with Crippen LogP contribution in [-0.4, -0.2) is 42.9 Å². The molecule has 0 aliphatic heterocycles. The maximum atomic E-state index is 12.9. The summed E-state index contributed by atoms with van der Waals surface area (Å²) in [6.07, 6.45) is 0. The second-order valence-electron chi connectivity index (χ2n) is 11.3. The van der Waals surface area contributed by atoms with Crippen LogP contribution in [0.15, 0.2) is 103 Å². The van der Waals surface area contributed by atoms with Crippen molar-refractivity contribution in [2.75, 3.05) is 25.5 Å². The number of benzene rings is 4. The maximum Gasteiger partial charge on any atom is 0.315 e. The summed E-state index contributed by atoms with van der Waals surface area (Å²) in [5.74, 6) is 1.08. The molecule has 0 atom stereocenters. The van der Waals surface area contributed by atoms with Crippen LogP contribution in [0.2, 0.25) is 0 Å². The summed E-state index contributed by atoms with van der Waals surface area (Å²) >= 11 is 0. The van der Waals surface area contributed by atoms with Gasteiger partial charge in [0.2, 0.25) is 11.8 Å². The molecule has 262 valence electrons. The van der Waals surface area contributed by atoms with E-state index in [0.29, 0.717) is 44.3 Å². The van der Waals surface area contributed by atoms with Crippen molar-refractivity contribution >= 4 is 23.5 Å². The lowest BCUT2D eigenvalue weighted by Crippen LogP contribution is -2.42. The number of urea groups is 1. The van der Waals surface area contributed by atoms with Crippen LogP contribution in [0.1, 0.15) is 56.9 Å². The fraction of sp³-hybridized carbons (Fsp3) is 0.325. The van der Waals surface area contributed by atoms with Gasteiger partial charge in [-0.3, -0.25) is 9.59 Å². The summed E-state index contributed by atoms with van der Waals surface area (Å²) in [5, 5.41) is 8.37. The first-order valence-electron chi connectivity index (χ1n) is 16.7. The van der Waals surface area contributed by atoms with Gasteiger partial charge in [-0.25, -0.2) is 4.79 Å². The van der Waals surface area contributed by atoms with E-state index >= 15 is 0 Å². The number of amides is 4. The smallest absolute Gasteiger partial charge is 0.315 e. The quantitative estimate of drug-likeness (QED) is 0.135. The Morgan fingerprint density at radius 1 is 0.755 bits per heavy atom. The molecule has 0 saturated heterocycles. The highest BCUT2D eigenvalue weighted by Gasteiger charge is 2.18. The molecule has 0 saturated carbocycles. The number of rotatable bonds is 13. The zero-order valence-electron chi connectivity index (χ0n) is 29.9. The largest absolute Gasteiger partial charge is 0.493 e. The number of hydrogen-bond acceptors (Lipinski definition) is 5. The minimum Gasteiger partial charge on any atom is -0.493 e. The fourth-order valence-corrected chi connectivity index (χ4v) is 4.50. The lowest BCUT2D eigenvalue weighted by atomic mass is 10.1. The Balaban J connectivity index is 0.000000539. The Morgan fingerprint density at radius 2 is 1.37 bits per heavy atom. The van der Waals surface area contributed by atoms with E-state index in [1.165, 1.54) is 12.5 Å². The predicted octanol–water partition coefficient (Wildman–Crippen LogP) is 7.74. The van der Waals surface area contributed by atoms with E-state index in [1.807, 2.05) is 138 Å². The zero-order valence-corrected chi connectivity index (χ0v) is 29.9. The highest BCUT2D eigenvalue weighted by Crippen LogP contribution is 2.29. The van der Waals surface area contributed by atoms with Crippen molar-refractivity contribution in [3.05, 3.63) is 125 Å². The lowest BCUT2D eigenvalue weighted by Gasteiger charge is -2.25. The van der Waals surface area contributed by atoms with Gasteiger partial charge in [0.05, 0.1) is 7.11 Å². The number of anilines is 1. The Bertz CT molecular complexity index is 1540. The summed E-state index contributed by atoms with van der Waals surface area (Å²) < 4.78 is 11.5. The van der Waals surface area contributed by atoms with Gasteiger partial charge < -0.3 is 30.3 Å². The molecule has 4 rings (SSSR count). The van der Waals surface area contributed by atoms with Gasteiger partial charge in [0, 0.05) is 44.7 Å². The minimum absolute atomic E-state index is 0.0184. The molecule has 0 aromatic heterocycles. The fourth-order valence-electron chi connectivity index (χ4n) is 4.50. The summed E-state index contributed by atoms with van der Waals surface area (Å²) in [4.78, 5) is 37.4. The van der Waals surface area contributed by atoms with Crippen LogP contribution in [0.3, 0.4) is 0 Å². The number of methoxy groups -OCH3 is 1. The van der Waals surface area contributed by atoms with E-state index in [-0.39, 0.29) is 23.8 Å². The molecule has 0 aliphatic rings. The molecular weight excluding hydrogens is 616 g/mol. The molecule has 3 N–H and O–H groups in total. The molecule has 0 aliphatic carbocycles. The first kappa shape index (κ1) is 39.9. The third kappa shape index (κ3) is 15.4. The van der Waals surface area contributed by atoms with Crippen LogP contribution in [-0.2, 0) is 29.3 Å². The maximum absolute atomic E-state index is 12.9. The minimum atomic E-state index is -0.266. The average molecular weight is 669 g/mol. The number of carbonyl (C=O) groups excluding carboxylic acids is 3.